The number of nitrogens with one attached hydrogen (secondary N) is 1. The molecule has 0 unspecified atom stereocenters. The van der Waals surface area contributed by atoms with Gasteiger partial charge in [-0.15, -0.1) is 0 Å². The van der Waals surface area contributed by atoms with Crippen LogP contribution in [0, 0.1) is 11.8 Å². The molecule has 0 atom stereocenters. The third-order valence-electron chi connectivity index (χ3n) is 3.65. The minimum Gasteiger partial charge on any atom is -0.463 e. The smallest absolute Gasteiger partial charge is 0.290 e. The summed E-state index contributed by atoms with van der Waals surface area (Å²) in [6.45, 7) is 0. The molecule has 3 aromatic rings. The van der Waals surface area contributed by atoms with E-state index in [4.69, 9.17) is 4.42 Å². The van der Waals surface area contributed by atoms with Crippen LogP contribution in [0.1, 0.15) is 16.7 Å². The molecule has 2 aromatic carbocycles. The summed E-state index contributed by atoms with van der Waals surface area (Å²) in [4.78, 5) is 23.3. The lowest BCUT2D eigenvalue weighted by Gasteiger charge is -1.96. The van der Waals surface area contributed by atoms with Crippen molar-refractivity contribution in [3.8, 4) is 11.8 Å². The molecule has 0 bridgehead atoms. The van der Waals surface area contributed by atoms with Gasteiger partial charge in [0.05, 0.1) is 10.5 Å². The summed E-state index contributed by atoms with van der Waals surface area (Å²) < 4.78 is 5.54. The van der Waals surface area contributed by atoms with E-state index < -0.39 is 0 Å². The maximum absolute atomic E-state index is 11.7. The van der Waals surface area contributed by atoms with Gasteiger partial charge in [0.2, 0.25) is 0 Å². The average Bonchev–Trinajstić information content (AvgIpc) is 3.16. The molecule has 2 amide bonds. The monoisotopic (exact) mass is 345 g/mol. The number of fused-ring (bicyclic) bond motifs is 1. The van der Waals surface area contributed by atoms with Crippen molar-refractivity contribution in [2.75, 3.05) is 0 Å². The van der Waals surface area contributed by atoms with E-state index in [1.54, 1.807) is 12.3 Å². The van der Waals surface area contributed by atoms with Crippen LogP contribution in [0.2, 0.25) is 0 Å². The molecular formula is C20H11NO3S. The largest absolute Gasteiger partial charge is 0.463 e. The van der Waals surface area contributed by atoms with Crippen molar-refractivity contribution < 1.29 is 14.0 Å². The molecule has 0 saturated carbocycles. The van der Waals surface area contributed by atoms with E-state index in [2.05, 4.69) is 17.2 Å². The lowest BCUT2D eigenvalue weighted by molar-refractivity contribution is -0.115. The Morgan fingerprint density at radius 2 is 1.88 bits per heavy atom. The normalized spacial score (nSPS) is 15.3. The summed E-state index contributed by atoms with van der Waals surface area (Å²) in [5.74, 6) is 5.85. The van der Waals surface area contributed by atoms with Crippen molar-refractivity contribution in [1.82, 2.24) is 5.32 Å². The van der Waals surface area contributed by atoms with Gasteiger partial charge >= 0.3 is 0 Å². The molecule has 1 aliphatic rings. The van der Waals surface area contributed by atoms with Gasteiger partial charge in [0.25, 0.3) is 11.1 Å². The molecule has 0 aliphatic carbocycles. The molecule has 120 valence electrons. The standard InChI is InChI=1S/C20H11NO3S/c22-19-18(25-20(23)21-19)11-14-7-9-17-16(10-14)15(12-24-17)8-6-13-4-2-1-3-5-13/h1-5,7,9-12H,(H,21,22,23)/b18-11+. The third kappa shape index (κ3) is 3.21. The van der Waals surface area contributed by atoms with Gasteiger partial charge in [-0.05, 0) is 47.7 Å². The molecule has 1 N–H and O–H groups in total. The van der Waals surface area contributed by atoms with Gasteiger partial charge in [0.1, 0.15) is 11.8 Å². The van der Waals surface area contributed by atoms with E-state index in [1.807, 2.05) is 48.5 Å². The van der Waals surface area contributed by atoms with Crippen molar-refractivity contribution in [2.24, 2.45) is 0 Å². The van der Waals surface area contributed by atoms with E-state index in [0.717, 1.165) is 39.4 Å². The van der Waals surface area contributed by atoms with Gasteiger partial charge in [-0.2, -0.15) is 0 Å². The molecule has 2 heterocycles. The Bertz CT molecular complexity index is 1080. The summed E-state index contributed by atoms with van der Waals surface area (Å²) in [5.41, 5.74) is 3.23. The van der Waals surface area contributed by atoms with Gasteiger partial charge in [-0.1, -0.05) is 36.1 Å². The number of carbonyl (C=O) groups is 2. The highest BCUT2D eigenvalue weighted by molar-refractivity contribution is 8.18. The minimum absolute atomic E-state index is 0.352. The fraction of sp³-hybridized carbons (Fsp3) is 0. The molecule has 1 fully saturated rings. The Hall–Kier alpha value is -3.23. The quantitative estimate of drug-likeness (QED) is 0.531. The number of benzene rings is 2. The first kappa shape index (κ1) is 15.3. The maximum atomic E-state index is 11.7. The molecular weight excluding hydrogens is 334 g/mol. The first-order valence-electron chi connectivity index (χ1n) is 7.52. The summed E-state index contributed by atoms with van der Waals surface area (Å²) in [6, 6.07) is 15.3. The number of imide groups is 1. The second-order valence-electron chi connectivity index (χ2n) is 5.37. The number of carbonyl (C=O) groups excluding carboxylic acids is 2. The van der Waals surface area contributed by atoms with Crippen LogP contribution in [0.3, 0.4) is 0 Å². The average molecular weight is 345 g/mol. The molecule has 0 radical (unpaired) electrons. The highest BCUT2D eigenvalue weighted by Crippen LogP contribution is 2.28. The van der Waals surface area contributed by atoms with Crippen LogP contribution in [0.5, 0.6) is 0 Å². The van der Waals surface area contributed by atoms with Crippen molar-refractivity contribution in [3.63, 3.8) is 0 Å². The molecule has 1 aliphatic heterocycles. The zero-order valence-electron chi connectivity index (χ0n) is 12.9. The Morgan fingerprint density at radius 3 is 2.64 bits per heavy atom. The zero-order valence-corrected chi connectivity index (χ0v) is 13.7. The molecule has 5 heteroatoms. The number of rotatable bonds is 1. The summed E-state index contributed by atoms with van der Waals surface area (Å²) in [7, 11) is 0. The van der Waals surface area contributed by atoms with Gasteiger partial charge in [-0.3, -0.25) is 14.9 Å². The predicted molar refractivity (Wildman–Crippen MR) is 97.7 cm³/mol. The highest BCUT2D eigenvalue weighted by atomic mass is 32.2. The fourth-order valence-corrected chi connectivity index (χ4v) is 3.15. The van der Waals surface area contributed by atoms with Crippen LogP contribution in [0.15, 0.2) is 64.1 Å². The second-order valence-corrected chi connectivity index (χ2v) is 6.39. The Labute approximate surface area is 147 Å². The Kier molecular flexibility index (Phi) is 3.88. The maximum Gasteiger partial charge on any atom is 0.290 e. The first-order valence-corrected chi connectivity index (χ1v) is 8.34. The van der Waals surface area contributed by atoms with Crippen LogP contribution in [0.25, 0.3) is 17.0 Å². The van der Waals surface area contributed by atoms with Crippen LogP contribution in [-0.2, 0) is 4.79 Å². The van der Waals surface area contributed by atoms with Crippen molar-refractivity contribution in [2.45, 2.75) is 0 Å². The lowest BCUT2D eigenvalue weighted by atomic mass is 10.1. The number of amides is 2. The minimum atomic E-state index is -0.369. The topological polar surface area (TPSA) is 59.3 Å². The number of hydrogen-bond acceptors (Lipinski definition) is 4. The molecule has 4 nitrogen and oxygen atoms in total. The lowest BCUT2D eigenvalue weighted by Crippen LogP contribution is -2.17. The van der Waals surface area contributed by atoms with E-state index >= 15 is 0 Å². The van der Waals surface area contributed by atoms with Crippen LogP contribution >= 0.6 is 11.8 Å². The van der Waals surface area contributed by atoms with Crippen LogP contribution in [0.4, 0.5) is 4.79 Å². The zero-order chi connectivity index (χ0) is 17.2. The number of furan rings is 1. The Balaban J connectivity index is 1.71. The molecule has 0 spiro atoms. The van der Waals surface area contributed by atoms with Gasteiger partial charge in [-0.25, -0.2) is 0 Å². The molecule has 1 aromatic heterocycles. The van der Waals surface area contributed by atoms with Crippen molar-refractivity contribution in [1.29, 1.82) is 0 Å². The van der Waals surface area contributed by atoms with Gasteiger partial charge in [0.15, 0.2) is 0 Å². The van der Waals surface area contributed by atoms with Crippen molar-refractivity contribution in [3.05, 3.63) is 76.4 Å². The third-order valence-corrected chi connectivity index (χ3v) is 4.46. The van der Waals surface area contributed by atoms with E-state index in [9.17, 15) is 9.59 Å². The molecule has 1 saturated heterocycles. The second kappa shape index (κ2) is 6.34. The van der Waals surface area contributed by atoms with Crippen molar-refractivity contribution >= 4 is 40.0 Å². The highest BCUT2D eigenvalue weighted by Gasteiger charge is 2.24. The van der Waals surface area contributed by atoms with Crippen LogP contribution < -0.4 is 5.32 Å². The summed E-state index contributed by atoms with van der Waals surface area (Å²) in [6.07, 6.45) is 3.31. The fourth-order valence-electron chi connectivity index (χ4n) is 2.47. The van der Waals surface area contributed by atoms with E-state index in [1.165, 1.54) is 0 Å². The summed E-state index contributed by atoms with van der Waals surface area (Å²) >= 11 is 0.898. The Morgan fingerprint density at radius 1 is 1.04 bits per heavy atom. The predicted octanol–water partition coefficient (Wildman–Crippen LogP) is 4.16. The summed E-state index contributed by atoms with van der Waals surface area (Å²) in [5, 5.41) is 2.76. The van der Waals surface area contributed by atoms with Crippen LogP contribution in [-0.4, -0.2) is 11.1 Å². The van der Waals surface area contributed by atoms with Gasteiger partial charge < -0.3 is 4.42 Å². The number of thioether (sulfide) groups is 1. The number of hydrogen-bond donors (Lipinski definition) is 1. The molecule has 25 heavy (non-hydrogen) atoms. The van der Waals surface area contributed by atoms with E-state index in [-0.39, 0.29) is 11.1 Å². The molecule has 4 rings (SSSR count). The van der Waals surface area contributed by atoms with Gasteiger partial charge in [0, 0.05) is 10.9 Å². The van der Waals surface area contributed by atoms with E-state index in [0.29, 0.717) is 4.91 Å². The first-order chi connectivity index (χ1) is 12.2. The SMILES string of the molecule is O=C1NC(=O)/C(=C\c2ccc3occ(C#Cc4ccccc4)c3c2)S1.